The molecule has 0 aliphatic heterocycles. The van der Waals surface area contributed by atoms with Crippen LogP contribution < -0.4 is 21.3 Å². The summed E-state index contributed by atoms with van der Waals surface area (Å²) < 4.78 is 0. The van der Waals surface area contributed by atoms with Crippen LogP contribution in [0.4, 0.5) is 11.4 Å². The van der Waals surface area contributed by atoms with Crippen LogP contribution in [0.15, 0.2) is 54.6 Å². The summed E-state index contributed by atoms with van der Waals surface area (Å²) in [6, 6.07) is 16.0. The van der Waals surface area contributed by atoms with Crippen LogP contribution in [0.25, 0.3) is 0 Å². The van der Waals surface area contributed by atoms with Gasteiger partial charge in [0.05, 0.1) is 23.3 Å². The molecule has 1 aliphatic rings. The van der Waals surface area contributed by atoms with Crippen molar-refractivity contribution in [1.82, 2.24) is 10.6 Å². The van der Waals surface area contributed by atoms with E-state index in [0.29, 0.717) is 29.8 Å². The second-order valence-corrected chi connectivity index (χ2v) is 7.49. The number of benzene rings is 2. The molecule has 7 heteroatoms. The standard InChI is InChI=1S/C23H28N4O3/c1-24-22(30)23(14-8-3-9-15-23)25-16-20(28)27-19-13-7-6-12-18(19)21(29)26-17-10-4-2-5-11-17/h2,4-7,10-13,25H,3,8-9,14-16H2,1H3,(H,24,30)(H,26,29)(H,27,28). The van der Waals surface area contributed by atoms with Crippen LogP contribution >= 0.6 is 0 Å². The van der Waals surface area contributed by atoms with Crippen LogP contribution in [0.5, 0.6) is 0 Å². The minimum absolute atomic E-state index is 0.0118. The third-order valence-electron chi connectivity index (χ3n) is 5.43. The molecule has 3 amide bonds. The molecule has 0 aromatic heterocycles. The topological polar surface area (TPSA) is 99.3 Å². The summed E-state index contributed by atoms with van der Waals surface area (Å²) >= 11 is 0. The number of nitrogens with one attached hydrogen (secondary N) is 4. The first-order chi connectivity index (χ1) is 14.5. The highest BCUT2D eigenvalue weighted by Gasteiger charge is 2.38. The zero-order chi connectivity index (χ0) is 21.4. The van der Waals surface area contributed by atoms with Crippen molar-refractivity contribution < 1.29 is 14.4 Å². The highest BCUT2D eigenvalue weighted by Crippen LogP contribution is 2.28. The van der Waals surface area contributed by atoms with Crippen molar-refractivity contribution in [3.63, 3.8) is 0 Å². The lowest BCUT2D eigenvalue weighted by Crippen LogP contribution is -2.58. The first kappa shape index (κ1) is 21.5. The summed E-state index contributed by atoms with van der Waals surface area (Å²) in [5.74, 6) is -0.694. The molecule has 0 unspecified atom stereocenters. The van der Waals surface area contributed by atoms with Crippen molar-refractivity contribution in [2.45, 2.75) is 37.6 Å². The lowest BCUT2D eigenvalue weighted by Gasteiger charge is -2.36. The summed E-state index contributed by atoms with van der Waals surface area (Å²) in [7, 11) is 1.61. The molecule has 0 bridgehead atoms. The zero-order valence-corrected chi connectivity index (χ0v) is 17.2. The van der Waals surface area contributed by atoms with Gasteiger partial charge >= 0.3 is 0 Å². The molecular formula is C23H28N4O3. The predicted octanol–water partition coefficient (Wildman–Crippen LogP) is 2.92. The Bertz CT molecular complexity index is 892. The molecule has 1 fully saturated rings. The van der Waals surface area contributed by atoms with E-state index in [0.717, 1.165) is 19.3 Å². The first-order valence-electron chi connectivity index (χ1n) is 10.3. The third kappa shape index (κ3) is 5.24. The van der Waals surface area contributed by atoms with E-state index < -0.39 is 5.54 Å². The molecule has 1 aliphatic carbocycles. The number of hydrogen-bond acceptors (Lipinski definition) is 4. The first-order valence-corrected chi connectivity index (χ1v) is 10.3. The Hall–Kier alpha value is -3.19. The zero-order valence-electron chi connectivity index (χ0n) is 17.2. The highest BCUT2D eigenvalue weighted by atomic mass is 16.2. The number of carbonyl (C=O) groups excluding carboxylic acids is 3. The highest BCUT2D eigenvalue weighted by molar-refractivity contribution is 6.10. The van der Waals surface area contributed by atoms with Crippen LogP contribution in [0.1, 0.15) is 42.5 Å². The average molecular weight is 409 g/mol. The molecule has 0 atom stereocenters. The van der Waals surface area contributed by atoms with E-state index in [9.17, 15) is 14.4 Å². The van der Waals surface area contributed by atoms with Crippen LogP contribution in [-0.2, 0) is 9.59 Å². The van der Waals surface area contributed by atoms with Gasteiger partial charge in [-0.05, 0) is 37.1 Å². The van der Waals surface area contributed by atoms with Gasteiger partial charge in [0.15, 0.2) is 0 Å². The van der Waals surface area contributed by atoms with Crippen LogP contribution in [-0.4, -0.2) is 36.9 Å². The maximum atomic E-state index is 12.7. The SMILES string of the molecule is CNC(=O)C1(NCC(=O)Nc2ccccc2C(=O)Nc2ccccc2)CCCCC1. The Kier molecular flexibility index (Phi) is 7.19. The number of anilines is 2. The molecule has 30 heavy (non-hydrogen) atoms. The van der Waals surface area contributed by atoms with Gasteiger partial charge in [-0.25, -0.2) is 0 Å². The number of amides is 3. The smallest absolute Gasteiger partial charge is 0.257 e. The minimum atomic E-state index is -0.714. The van der Waals surface area contributed by atoms with Crippen molar-refractivity contribution in [3.8, 4) is 0 Å². The van der Waals surface area contributed by atoms with Crippen molar-refractivity contribution in [2.24, 2.45) is 0 Å². The van der Waals surface area contributed by atoms with Gasteiger partial charge in [0.2, 0.25) is 11.8 Å². The van der Waals surface area contributed by atoms with E-state index in [1.165, 1.54) is 0 Å². The molecule has 0 heterocycles. The van der Waals surface area contributed by atoms with Gasteiger partial charge in [0.25, 0.3) is 5.91 Å². The number of carbonyl (C=O) groups is 3. The van der Waals surface area contributed by atoms with E-state index in [1.807, 2.05) is 18.2 Å². The molecule has 2 aromatic carbocycles. The Morgan fingerprint density at radius 1 is 0.867 bits per heavy atom. The molecule has 158 valence electrons. The summed E-state index contributed by atoms with van der Waals surface area (Å²) in [6.07, 6.45) is 4.40. The molecule has 0 saturated heterocycles. The predicted molar refractivity (Wildman–Crippen MR) is 117 cm³/mol. The Morgan fingerprint density at radius 3 is 2.23 bits per heavy atom. The lowest BCUT2D eigenvalue weighted by atomic mass is 9.81. The fourth-order valence-corrected chi connectivity index (χ4v) is 3.83. The van der Waals surface area contributed by atoms with Gasteiger partial charge in [-0.3, -0.25) is 19.7 Å². The molecule has 1 saturated carbocycles. The van der Waals surface area contributed by atoms with Crippen molar-refractivity contribution in [2.75, 3.05) is 24.2 Å². The molecule has 0 spiro atoms. The van der Waals surface area contributed by atoms with Gasteiger partial charge in [0, 0.05) is 12.7 Å². The Morgan fingerprint density at radius 2 is 1.53 bits per heavy atom. The van der Waals surface area contributed by atoms with Crippen molar-refractivity contribution in [3.05, 3.63) is 60.2 Å². The van der Waals surface area contributed by atoms with Gasteiger partial charge in [0.1, 0.15) is 0 Å². The summed E-state index contributed by atoms with van der Waals surface area (Å²) in [6.45, 7) is -0.0118. The van der Waals surface area contributed by atoms with Crippen LogP contribution in [0.2, 0.25) is 0 Å². The van der Waals surface area contributed by atoms with Gasteiger partial charge in [-0.1, -0.05) is 49.6 Å². The minimum Gasteiger partial charge on any atom is -0.358 e. The van der Waals surface area contributed by atoms with E-state index in [4.69, 9.17) is 0 Å². The Labute approximate surface area is 176 Å². The van der Waals surface area contributed by atoms with E-state index in [2.05, 4.69) is 21.3 Å². The van der Waals surface area contributed by atoms with E-state index in [1.54, 1.807) is 43.4 Å². The largest absolute Gasteiger partial charge is 0.358 e. The second-order valence-electron chi connectivity index (χ2n) is 7.49. The lowest BCUT2D eigenvalue weighted by molar-refractivity contribution is -0.129. The van der Waals surface area contributed by atoms with Crippen LogP contribution in [0, 0.1) is 0 Å². The normalized spacial score (nSPS) is 15.1. The quantitative estimate of drug-likeness (QED) is 0.566. The van der Waals surface area contributed by atoms with Crippen molar-refractivity contribution >= 4 is 29.1 Å². The number of likely N-dealkylation sites (N-methyl/N-ethyl adjacent to an activating group) is 1. The van der Waals surface area contributed by atoms with Crippen molar-refractivity contribution in [1.29, 1.82) is 0 Å². The third-order valence-corrected chi connectivity index (χ3v) is 5.43. The molecule has 0 radical (unpaired) electrons. The number of hydrogen-bond donors (Lipinski definition) is 4. The molecule has 3 rings (SSSR count). The summed E-state index contributed by atoms with van der Waals surface area (Å²) in [4.78, 5) is 37.7. The van der Waals surface area contributed by atoms with Crippen LogP contribution in [0.3, 0.4) is 0 Å². The van der Waals surface area contributed by atoms with E-state index in [-0.39, 0.29) is 24.3 Å². The number of para-hydroxylation sites is 2. The fourth-order valence-electron chi connectivity index (χ4n) is 3.83. The Balaban J connectivity index is 1.65. The molecule has 4 N–H and O–H groups in total. The second kappa shape index (κ2) is 10.0. The summed E-state index contributed by atoms with van der Waals surface area (Å²) in [5, 5.41) is 11.5. The summed E-state index contributed by atoms with van der Waals surface area (Å²) in [5.41, 5.74) is 0.757. The molecular weight excluding hydrogens is 380 g/mol. The fraction of sp³-hybridized carbons (Fsp3) is 0.348. The molecule has 7 nitrogen and oxygen atoms in total. The molecule has 2 aromatic rings. The van der Waals surface area contributed by atoms with Gasteiger partial charge < -0.3 is 16.0 Å². The average Bonchev–Trinajstić information content (AvgIpc) is 2.78. The van der Waals surface area contributed by atoms with Gasteiger partial charge in [-0.15, -0.1) is 0 Å². The van der Waals surface area contributed by atoms with Gasteiger partial charge in [-0.2, -0.15) is 0 Å². The monoisotopic (exact) mass is 408 g/mol. The maximum absolute atomic E-state index is 12.7. The maximum Gasteiger partial charge on any atom is 0.257 e. The number of rotatable bonds is 7. The van der Waals surface area contributed by atoms with E-state index >= 15 is 0 Å².